The van der Waals surface area contributed by atoms with Crippen LogP contribution in [0.25, 0.3) is 0 Å². The first-order chi connectivity index (χ1) is 10.7. The predicted molar refractivity (Wildman–Crippen MR) is 88.3 cm³/mol. The van der Waals surface area contributed by atoms with E-state index >= 15 is 0 Å². The number of aromatic nitrogens is 2. The van der Waals surface area contributed by atoms with E-state index in [1.54, 1.807) is 4.68 Å². The van der Waals surface area contributed by atoms with Crippen molar-refractivity contribution in [3.8, 4) is 0 Å². The van der Waals surface area contributed by atoms with Gasteiger partial charge >= 0.3 is 0 Å². The van der Waals surface area contributed by atoms with Crippen LogP contribution in [0.3, 0.4) is 0 Å². The maximum absolute atomic E-state index is 12.6. The molecule has 6 nitrogen and oxygen atoms in total. The van der Waals surface area contributed by atoms with Crippen molar-refractivity contribution >= 4 is 15.7 Å². The maximum Gasteiger partial charge on any atom is 0.269 e. The molecule has 1 atom stereocenters. The van der Waals surface area contributed by atoms with Crippen molar-refractivity contribution in [2.24, 2.45) is 5.92 Å². The van der Waals surface area contributed by atoms with Gasteiger partial charge in [-0.05, 0) is 52.0 Å². The number of nitrogens with one attached hydrogen (secondary N) is 1. The second-order valence-corrected chi connectivity index (χ2v) is 10.0. The van der Waals surface area contributed by atoms with E-state index in [4.69, 9.17) is 0 Å². The fraction of sp³-hybridized carbons (Fsp3) is 0.750. The average molecular weight is 339 g/mol. The highest BCUT2D eigenvalue weighted by Crippen LogP contribution is 2.40. The minimum Gasteiger partial charge on any atom is -0.350 e. The molecular formula is C16H25N3O3S. The fourth-order valence-electron chi connectivity index (χ4n) is 3.01. The van der Waals surface area contributed by atoms with Gasteiger partial charge in [0.1, 0.15) is 5.69 Å². The third-order valence-corrected chi connectivity index (χ3v) is 6.31. The number of amides is 1. The van der Waals surface area contributed by atoms with Crippen LogP contribution in [-0.2, 0) is 15.4 Å². The highest BCUT2D eigenvalue weighted by atomic mass is 32.2. The SMILES string of the molecule is CC(C)(C)n1nc(C2CC2)cc1C(=O)NCC1CCS(=O)(=O)C1. The molecule has 1 unspecified atom stereocenters. The molecular weight excluding hydrogens is 314 g/mol. The van der Waals surface area contributed by atoms with Crippen LogP contribution < -0.4 is 5.32 Å². The van der Waals surface area contributed by atoms with Gasteiger partial charge in [0.25, 0.3) is 5.91 Å². The molecule has 1 N–H and O–H groups in total. The molecule has 0 radical (unpaired) electrons. The molecule has 2 aliphatic rings. The molecule has 0 spiro atoms. The van der Waals surface area contributed by atoms with Crippen molar-refractivity contribution < 1.29 is 13.2 Å². The third kappa shape index (κ3) is 3.76. The normalized spacial score (nSPS) is 23.9. The number of carbonyl (C=O) groups is 1. The lowest BCUT2D eigenvalue weighted by atomic mass is 10.1. The van der Waals surface area contributed by atoms with Crippen LogP contribution >= 0.6 is 0 Å². The number of hydrogen-bond acceptors (Lipinski definition) is 4. The van der Waals surface area contributed by atoms with E-state index in [1.807, 2.05) is 26.8 Å². The Morgan fingerprint density at radius 2 is 2.04 bits per heavy atom. The van der Waals surface area contributed by atoms with Gasteiger partial charge in [-0.25, -0.2) is 8.42 Å². The summed E-state index contributed by atoms with van der Waals surface area (Å²) in [5, 5.41) is 7.53. The fourth-order valence-corrected chi connectivity index (χ4v) is 4.87. The standard InChI is InChI=1S/C16H25N3O3S/c1-16(2,3)19-14(8-13(18-19)12-4-5-12)15(20)17-9-11-6-7-23(21,22)10-11/h8,11-12H,4-7,9-10H2,1-3H3,(H,17,20). The van der Waals surface area contributed by atoms with Crippen molar-refractivity contribution in [2.75, 3.05) is 18.1 Å². The summed E-state index contributed by atoms with van der Waals surface area (Å²) in [6.45, 7) is 6.48. The van der Waals surface area contributed by atoms with E-state index < -0.39 is 9.84 Å². The second kappa shape index (κ2) is 5.61. The lowest BCUT2D eigenvalue weighted by Gasteiger charge is -2.22. The Hall–Kier alpha value is -1.37. The van der Waals surface area contributed by atoms with Crippen molar-refractivity contribution in [1.82, 2.24) is 15.1 Å². The number of hydrogen-bond donors (Lipinski definition) is 1. The van der Waals surface area contributed by atoms with Crippen molar-refractivity contribution in [1.29, 1.82) is 0 Å². The smallest absolute Gasteiger partial charge is 0.269 e. The molecule has 1 aliphatic heterocycles. The van der Waals surface area contributed by atoms with Gasteiger partial charge in [0.2, 0.25) is 0 Å². The Kier molecular flexibility index (Phi) is 4.02. The Bertz CT molecular complexity index is 711. The quantitative estimate of drug-likeness (QED) is 0.905. The van der Waals surface area contributed by atoms with Crippen LogP contribution in [0, 0.1) is 5.92 Å². The first-order valence-electron chi connectivity index (χ1n) is 8.25. The number of rotatable bonds is 4. The molecule has 1 aromatic heterocycles. The van der Waals surface area contributed by atoms with E-state index in [-0.39, 0.29) is 28.9 Å². The molecule has 128 valence electrons. The topological polar surface area (TPSA) is 81.1 Å². The van der Waals surface area contributed by atoms with E-state index in [0.717, 1.165) is 18.5 Å². The van der Waals surface area contributed by atoms with Crippen LogP contribution in [-0.4, -0.2) is 42.2 Å². The zero-order valence-corrected chi connectivity index (χ0v) is 14.8. The zero-order valence-electron chi connectivity index (χ0n) is 14.0. The first-order valence-corrected chi connectivity index (χ1v) is 10.1. The van der Waals surface area contributed by atoms with Crippen LogP contribution in [0.1, 0.15) is 62.1 Å². The summed E-state index contributed by atoms with van der Waals surface area (Å²) < 4.78 is 24.8. The van der Waals surface area contributed by atoms with Crippen LogP contribution in [0.2, 0.25) is 0 Å². The molecule has 0 aromatic carbocycles. The number of nitrogens with zero attached hydrogens (tertiary/aromatic N) is 2. The first kappa shape index (κ1) is 16.5. The molecule has 1 saturated carbocycles. The zero-order chi connectivity index (χ0) is 16.8. The highest BCUT2D eigenvalue weighted by molar-refractivity contribution is 7.91. The Morgan fingerprint density at radius 3 is 2.57 bits per heavy atom. The van der Waals surface area contributed by atoms with Gasteiger partial charge in [-0.1, -0.05) is 0 Å². The van der Waals surface area contributed by atoms with Gasteiger partial charge in [0, 0.05) is 12.5 Å². The van der Waals surface area contributed by atoms with E-state index in [0.29, 0.717) is 24.6 Å². The summed E-state index contributed by atoms with van der Waals surface area (Å²) >= 11 is 0. The summed E-state index contributed by atoms with van der Waals surface area (Å²) in [6.07, 6.45) is 2.92. The van der Waals surface area contributed by atoms with Crippen molar-refractivity contribution in [2.45, 2.75) is 51.5 Å². The molecule has 7 heteroatoms. The average Bonchev–Trinajstić information content (AvgIpc) is 3.08. The minimum atomic E-state index is -2.91. The molecule has 3 rings (SSSR count). The van der Waals surface area contributed by atoms with Crippen molar-refractivity contribution in [3.05, 3.63) is 17.5 Å². The number of sulfone groups is 1. The van der Waals surface area contributed by atoms with Gasteiger partial charge in [-0.3, -0.25) is 9.48 Å². The summed E-state index contributed by atoms with van der Waals surface area (Å²) in [5.41, 5.74) is 1.30. The molecule has 0 bridgehead atoms. The molecule has 2 heterocycles. The largest absolute Gasteiger partial charge is 0.350 e. The van der Waals surface area contributed by atoms with Crippen LogP contribution in [0.15, 0.2) is 6.07 Å². The second-order valence-electron chi connectivity index (χ2n) is 7.79. The van der Waals surface area contributed by atoms with Gasteiger partial charge < -0.3 is 5.32 Å². The Labute approximate surface area is 137 Å². The molecule has 1 aliphatic carbocycles. The van der Waals surface area contributed by atoms with Gasteiger partial charge in [-0.2, -0.15) is 5.10 Å². The minimum absolute atomic E-state index is 0.0258. The number of carbonyl (C=O) groups excluding carboxylic acids is 1. The maximum atomic E-state index is 12.6. The van der Waals surface area contributed by atoms with Crippen molar-refractivity contribution in [3.63, 3.8) is 0 Å². The Morgan fingerprint density at radius 1 is 1.35 bits per heavy atom. The lowest BCUT2D eigenvalue weighted by molar-refractivity contribution is 0.0930. The van der Waals surface area contributed by atoms with Gasteiger partial charge in [-0.15, -0.1) is 0 Å². The summed E-state index contributed by atoms with van der Waals surface area (Å²) in [7, 11) is -2.91. The van der Waals surface area contributed by atoms with E-state index in [2.05, 4.69) is 10.4 Å². The Balaban J connectivity index is 1.71. The lowest BCUT2D eigenvalue weighted by Crippen LogP contribution is -2.34. The molecule has 1 amide bonds. The predicted octanol–water partition coefficient (Wildman–Crippen LogP) is 1.68. The van der Waals surface area contributed by atoms with E-state index in [1.165, 1.54) is 0 Å². The van der Waals surface area contributed by atoms with E-state index in [9.17, 15) is 13.2 Å². The third-order valence-electron chi connectivity index (χ3n) is 4.47. The molecule has 1 saturated heterocycles. The molecule has 1 aromatic rings. The van der Waals surface area contributed by atoms with Crippen LogP contribution in [0.4, 0.5) is 0 Å². The summed E-state index contributed by atoms with van der Waals surface area (Å²) in [5.74, 6) is 0.768. The summed E-state index contributed by atoms with van der Waals surface area (Å²) in [4.78, 5) is 12.6. The van der Waals surface area contributed by atoms with Crippen LogP contribution in [0.5, 0.6) is 0 Å². The monoisotopic (exact) mass is 339 g/mol. The molecule has 2 fully saturated rings. The van der Waals surface area contributed by atoms with Gasteiger partial charge in [0.15, 0.2) is 9.84 Å². The highest BCUT2D eigenvalue weighted by Gasteiger charge is 2.32. The molecule has 23 heavy (non-hydrogen) atoms. The van der Waals surface area contributed by atoms with Gasteiger partial charge in [0.05, 0.1) is 22.7 Å². The summed E-state index contributed by atoms with van der Waals surface area (Å²) in [6, 6.07) is 1.89.